The van der Waals surface area contributed by atoms with E-state index in [9.17, 15) is 46.0 Å². The molecule has 3 saturated carbocycles. The van der Waals surface area contributed by atoms with Crippen LogP contribution in [0.2, 0.25) is 0 Å². The SMILES string of the molecule is CNC(C)C1CCC(N)C(OC2C(N)CC(N)C(OC3OCC(C)(O)C(NC)C3O)C2O)O1.CNC1C(O)C(OC2C(N)CC(N)C(OC3OC(C(C)N)CCC3N)C2O)OCC1(C)O.CNC1C(O)C(OC2C(N)CC(N)C(OC3OC(CN)CCC3N)C2O)OCC1(C)O.O=S(=O)(O)O. The molecule has 9 aliphatic rings. The number of rotatable bonds is 19. The van der Waals surface area contributed by atoms with Crippen molar-refractivity contribution in [2.45, 2.75) is 323 Å². The molecule has 9 fully saturated rings. The summed E-state index contributed by atoms with van der Waals surface area (Å²) in [5, 5.41) is 108. The van der Waals surface area contributed by atoms with Gasteiger partial charge in [0.25, 0.3) is 0 Å². The van der Waals surface area contributed by atoms with Crippen molar-refractivity contribution in [3.8, 4) is 0 Å². The highest BCUT2D eigenvalue weighted by atomic mass is 32.3. The Hall–Kier alpha value is -1.57. The van der Waals surface area contributed by atoms with Crippen molar-refractivity contribution in [2.24, 2.45) is 63.1 Å². The summed E-state index contributed by atoms with van der Waals surface area (Å²) in [4.78, 5) is 0. The lowest BCUT2D eigenvalue weighted by Crippen LogP contribution is -2.68. The Morgan fingerprint density at radius 2 is 0.683 bits per heavy atom. The fourth-order valence-corrected chi connectivity index (χ4v) is 14.6. The predicted octanol–water partition coefficient (Wildman–Crippen LogP) is -11.5. The van der Waals surface area contributed by atoms with E-state index in [0.29, 0.717) is 45.1 Å². The van der Waals surface area contributed by atoms with Gasteiger partial charge in [0.15, 0.2) is 37.7 Å². The first-order valence-electron chi connectivity index (χ1n) is 34.7. The number of aliphatic hydroxyl groups is 9. The molecular weight excluding hydrogens is 1360 g/mol. The second-order valence-electron chi connectivity index (χ2n) is 29.2. The van der Waals surface area contributed by atoms with Gasteiger partial charge in [-0.1, -0.05) is 0 Å². The van der Waals surface area contributed by atoms with E-state index in [-0.39, 0.29) is 68.3 Å². The van der Waals surface area contributed by atoms with E-state index in [1.807, 2.05) is 20.9 Å². The lowest BCUT2D eigenvalue weighted by molar-refractivity contribution is -0.307. The van der Waals surface area contributed by atoms with Crippen LogP contribution >= 0.6 is 0 Å². The van der Waals surface area contributed by atoms with Crippen molar-refractivity contribution >= 4 is 10.4 Å². The maximum absolute atomic E-state index is 11.1. The molecule has 9 rings (SSSR count). The second kappa shape index (κ2) is 38.2. The third-order valence-electron chi connectivity index (χ3n) is 20.6. The zero-order valence-corrected chi connectivity index (χ0v) is 60.1. The molecule has 41 heteroatoms. The normalized spacial score (nSPS) is 49.1. The average molecular weight is 1490 g/mol. The summed E-state index contributed by atoms with van der Waals surface area (Å²) in [7, 11) is 2.07. The number of nitrogens with two attached hydrogens (primary N) is 11. The Bertz CT molecular complexity index is 2560. The van der Waals surface area contributed by atoms with E-state index in [1.165, 1.54) is 0 Å². The molecule has 37 N–H and O–H groups in total. The molecular formula is C60H125N15O25S. The quantitative estimate of drug-likeness (QED) is 0.0534. The van der Waals surface area contributed by atoms with Gasteiger partial charge in [0.05, 0.1) is 74.4 Å². The minimum Gasteiger partial charge on any atom is -0.388 e. The molecule has 6 saturated heterocycles. The van der Waals surface area contributed by atoms with Crippen LogP contribution in [0.25, 0.3) is 0 Å². The molecule has 38 atom stereocenters. The maximum Gasteiger partial charge on any atom is 0.394 e. The van der Waals surface area contributed by atoms with Gasteiger partial charge in [-0.15, -0.1) is 0 Å². The van der Waals surface area contributed by atoms with E-state index < -0.39 is 193 Å². The largest absolute Gasteiger partial charge is 0.394 e. The number of aliphatic hydroxyl groups excluding tert-OH is 6. The lowest BCUT2D eigenvalue weighted by Gasteiger charge is -2.48. The molecule has 0 aromatic carbocycles. The minimum atomic E-state index is -4.67. The summed E-state index contributed by atoms with van der Waals surface area (Å²) >= 11 is 0. The number of hydrogen-bond donors (Lipinski definition) is 26. The highest BCUT2D eigenvalue weighted by Crippen LogP contribution is 2.36. The summed E-state index contributed by atoms with van der Waals surface area (Å²) in [6.07, 6.45) is -13.3. The summed E-state index contributed by atoms with van der Waals surface area (Å²) in [5.41, 5.74) is 63.8. The third kappa shape index (κ3) is 23.0. The summed E-state index contributed by atoms with van der Waals surface area (Å²) in [6, 6.07) is -6.84. The first-order valence-corrected chi connectivity index (χ1v) is 36.1. The lowest BCUT2D eigenvalue weighted by atomic mass is 9.84. The van der Waals surface area contributed by atoms with Gasteiger partial charge in [0, 0.05) is 54.9 Å². The third-order valence-corrected chi connectivity index (χ3v) is 20.6. The van der Waals surface area contributed by atoms with Crippen LogP contribution < -0.4 is 84.3 Å². The van der Waals surface area contributed by atoms with Crippen LogP contribution in [-0.4, -0.2) is 349 Å². The van der Waals surface area contributed by atoms with E-state index in [1.54, 1.807) is 41.9 Å². The predicted molar refractivity (Wildman–Crippen MR) is 360 cm³/mol. The molecule has 101 heavy (non-hydrogen) atoms. The van der Waals surface area contributed by atoms with Crippen molar-refractivity contribution in [2.75, 3.05) is 54.6 Å². The molecule has 40 nitrogen and oxygen atoms in total. The smallest absolute Gasteiger partial charge is 0.388 e. The molecule has 596 valence electrons. The van der Waals surface area contributed by atoms with E-state index in [4.69, 9.17) is 137 Å². The summed E-state index contributed by atoms with van der Waals surface area (Å²) < 4.78 is 102. The minimum absolute atomic E-state index is 0.0620. The van der Waals surface area contributed by atoms with Gasteiger partial charge in [0.2, 0.25) is 0 Å². The fraction of sp³-hybridized carbons (Fsp3) is 1.00. The van der Waals surface area contributed by atoms with Crippen molar-refractivity contribution in [3.05, 3.63) is 0 Å². The average Bonchev–Trinajstić information content (AvgIpc) is 0.790. The Morgan fingerprint density at radius 3 is 0.950 bits per heavy atom. The molecule has 0 aromatic heterocycles. The zero-order chi connectivity index (χ0) is 75.7. The Kier molecular flexibility index (Phi) is 33.4. The van der Waals surface area contributed by atoms with Crippen LogP contribution in [0.15, 0.2) is 0 Å². The number of hydrogen-bond acceptors (Lipinski definition) is 38. The van der Waals surface area contributed by atoms with Crippen LogP contribution in [0.5, 0.6) is 0 Å². The molecule has 6 heterocycles. The molecule has 0 bridgehead atoms. The van der Waals surface area contributed by atoms with E-state index in [2.05, 4.69) is 21.3 Å². The molecule has 0 amide bonds. The Morgan fingerprint density at radius 1 is 0.426 bits per heavy atom. The van der Waals surface area contributed by atoms with E-state index >= 15 is 0 Å². The Balaban J connectivity index is 0.000000230. The summed E-state index contributed by atoms with van der Waals surface area (Å²) in [5.74, 6) is 0. The van der Waals surface area contributed by atoms with Gasteiger partial charge in [0.1, 0.15) is 90.1 Å². The number of likely N-dealkylation sites (N-methyl/N-ethyl adjacent to an activating group) is 4. The topological polar surface area (TPSA) is 702 Å². The molecule has 38 unspecified atom stereocenters. The van der Waals surface area contributed by atoms with Crippen LogP contribution in [0.1, 0.15) is 92.4 Å². The van der Waals surface area contributed by atoms with Crippen LogP contribution in [0.4, 0.5) is 0 Å². The van der Waals surface area contributed by atoms with Crippen LogP contribution in [-0.2, 0) is 67.2 Å². The second-order valence-corrected chi connectivity index (χ2v) is 30.1. The zero-order valence-electron chi connectivity index (χ0n) is 59.3. The van der Waals surface area contributed by atoms with Crippen molar-refractivity contribution in [3.63, 3.8) is 0 Å². The molecule has 0 radical (unpaired) electrons. The molecule has 0 spiro atoms. The highest BCUT2D eigenvalue weighted by Gasteiger charge is 2.55. The van der Waals surface area contributed by atoms with Gasteiger partial charge in [-0.05, 0) is 121 Å². The first-order chi connectivity index (χ1) is 47.0. The maximum atomic E-state index is 11.1. The van der Waals surface area contributed by atoms with Crippen molar-refractivity contribution in [1.29, 1.82) is 0 Å². The highest BCUT2D eigenvalue weighted by molar-refractivity contribution is 7.79. The van der Waals surface area contributed by atoms with Crippen LogP contribution in [0, 0.1) is 0 Å². The monoisotopic (exact) mass is 1490 g/mol. The molecule has 0 aromatic rings. The van der Waals surface area contributed by atoms with Gasteiger partial charge in [-0.25, -0.2) is 0 Å². The van der Waals surface area contributed by atoms with Gasteiger partial charge >= 0.3 is 10.4 Å². The first kappa shape index (κ1) is 88.3. The van der Waals surface area contributed by atoms with Gasteiger partial charge < -0.3 is 187 Å². The summed E-state index contributed by atoms with van der Waals surface area (Å²) in [6.45, 7) is 8.70. The molecule has 6 aliphatic heterocycles. The van der Waals surface area contributed by atoms with E-state index in [0.717, 1.165) is 19.3 Å². The van der Waals surface area contributed by atoms with Gasteiger partial charge in [-0.3, -0.25) is 9.11 Å². The fourth-order valence-electron chi connectivity index (χ4n) is 14.6. The Labute approximate surface area is 590 Å². The van der Waals surface area contributed by atoms with Crippen molar-refractivity contribution < 1.29 is 120 Å². The number of nitrogens with one attached hydrogen (secondary N) is 4. The van der Waals surface area contributed by atoms with Crippen molar-refractivity contribution in [1.82, 2.24) is 21.3 Å². The number of ether oxygens (including phenoxy) is 12. The van der Waals surface area contributed by atoms with Gasteiger partial charge in [-0.2, -0.15) is 8.42 Å². The standard InChI is InChI=1S/C21H43N5O7.C20H41N5O7.C19H39N5O7.H2O4S/c1-9(25-3)13-6-5-10(22)19(31-13)32-16-11(23)7-12(24)17(14(16)27)33-20-15(28)18(26-4)21(2,29)8-30-20;1-8(21)12-5-4-9(22)18(30-12)31-15-10(23)6-11(24)16(13(15)26)32-19-14(27)17(25-3)20(2,28)7-29-19;1-19(27)7-28-18(13(26)16(19)24-2)31-15-11(23)5-10(22)14(12(15)25)30-17-9(21)4-3-8(6-20)29-17;1-5(2,3)4/h9-20,25-29H,5-8,22-24H2,1-4H3;8-19,25-28H,4-7,21-24H2,1-3H3;8-18,24-27H,3-7,20-23H2,1-2H3;(H2,1,2,3,4). The molecule has 3 aliphatic carbocycles. The van der Waals surface area contributed by atoms with Crippen LogP contribution in [0.3, 0.4) is 0 Å².